The van der Waals surface area contributed by atoms with Crippen molar-refractivity contribution in [2.45, 2.75) is 13.3 Å². The van der Waals surface area contributed by atoms with Gasteiger partial charge < -0.3 is 0 Å². The predicted octanol–water partition coefficient (Wildman–Crippen LogP) is 2.93. The minimum absolute atomic E-state index is 0.0371. The molecule has 2 aromatic heterocycles. The van der Waals surface area contributed by atoms with Crippen molar-refractivity contribution in [3.63, 3.8) is 0 Å². The summed E-state index contributed by atoms with van der Waals surface area (Å²) in [4.78, 5) is 12.8. The average Bonchev–Trinajstić information content (AvgIpc) is 2.83. The molecule has 0 aliphatic heterocycles. The van der Waals surface area contributed by atoms with Crippen LogP contribution in [0.1, 0.15) is 27.9 Å². The molecule has 84 valence electrons. The van der Waals surface area contributed by atoms with E-state index >= 15 is 0 Å². The minimum atomic E-state index is -0.0371. The van der Waals surface area contributed by atoms with Crippen molar-refractivity contribution in [1.29, 1.82) is 0 Å². The summed E-state index contributed by atoms with van der Waals surface area (Å²) in [7, 11) is 1.81. The Balaban J connectivity index is 2.45. The van der Waals surface area contributed by atoms with Gasteiger partial charge in [0.2, 0.25) is 5.78 Å². The maximum absolute atomic E-state index is 12.2. The normalized spacial score (nSPS) is 10.7. The van der Waals surface area contributed by atoms with E-state index in [0.717, 1.165) is 12.1 Å². The molecule has 2 heterocycles. The summed E-state index contributed by atoms with van der Waals surface area (Å²) >= 11 is 7.31. The highest BCUT2D eigenvalue weighted by atomic mass is 35.5. The molecule has 0 radical (unpaired) electrons. The van der Waals surface area contributed by atoms with Crippen molar-refractivity contribution in [3.05, 3.63) is 38.8 Å². The van der Waals surface area contributed by atoms with Crippen LogP contribution < -0.4 is 0 Å². The summed E-state index contributed by atoms with van der Waals surface area (Å²) in [5.74, 6) is -0.0371. The van der Waals surface area contributed by atoms with Gasteiger partial charge in [0.05, 0.1) is 21.2 Å². The second kappa shape index (κ2) is 4.39. The van der Waals surface area contributed by atoms with Gasteiger partial charge in [0.15, 0.2) is 0 Å². The minimum Gasteiger partial charge on any atom is -0.288 e. The number of rotatable bonds is 3. The Labute approximate surface area is 103 Å². The molecule has 16 heavy (non-hydrogen) atoms. The van der Waals surface area contributed by atoms with E-state index in [1.807, 2.05) is 19.4 Å². The van der Waals surface area contributed by atoms with Crippen LogP contribution in [0.3, 0.4) is 0 Å². The fraction of sp³-hybridized carbons (Fsp3) is 0.273. The lowest BCUT2D eigenvalue weighted by atomic mass is 10.1. The average molecular weight is 255 g/mol. The molecular weight excluding hydrogens is 244 g/mol. The fourth-order valence-electron chi connectivity index (χ4n) is 1.56. The fourth-order valence-corrected chi connectivity index (χ4v) is 2.66. The van der Waals surface area contributed by atoms with Gasteiger partial charge in [-0.05, 0) is 17.9 Å². The van der Waals surface area contributed by atoms with E-state index in [0.29, 0.717) is 15.5 Å². The highest BCUT2D eigenvalue weighted by molar-refractivity contribution is 7.13. The Morgan fingerprint density at radius 1 is 1.62 bits per heavy atom. The smallest absolute Gasteiger partial charge is 0.207 e. The number of carbonyl (C=O) groups is 1. The first-order valence-corrected chi connectivity index (χ1v) is 6.19. The van der Waals surface area contributed by atoms with Gasteiger partial charge in [-0.25, -0.2) is 0 Å². The van der Waals surface area contributed by atoms with Gasteiger partial charge in [0.1, 0.15) is 0 Å². The van der Waals surface area contributed by atoms with Crippen LogP contribution in [0.25, 0.3) is 0 Å². The van der Waals surface area contributed by atoms with Crippen LogP contribution >= 0.6 is 22.9 Å². The van der Waals surface area contributed by atoms with Gasteiger partial charge >= 0.3 is 0 Å². The van der Waals surface area contributed by atoms with E-state index in [9.17, 15) is 4.79 Å². The molecule has 2 aromatic rings. The van der Waals surface area contributed by atoms with Crippen molar-refractivity contribution in [3.8, 4) is 0 Å². The Bertz CT molecular complexity index is 530. The molecule has 0 atom stereocenters. The van der Waals surface area contributed by atoms with Gasteiger partial charge in [0, 0.05) is 13.2 Å². The van der Waals surface area contributed by atoms with Gasteiger partial charge in [-0.1, -0.05) is 18.5 Å². The molecule has 0 amide bonds. The maximum atomic E-state index is 12.2. The van der Waals surface area contributed by atoms with Gasteiger partial charge in [-0.2, -0.15) is 5.10 Å². The first-order valence-electron chi connectivity index (χ1n) is 4.93. The number of halogens is 1. The van der Waals surface area contributed by atoms with Crippen molar-refractivity contribution >= 4 is 28.7 Å². The van der Waals surface area contributed by atoms with Crippen molar-refractivity contribution in [2.75, 3.05) is 0 Å². The molecule has 3 nitrogen and oxygen atoms in total. The van der Waals surface area contributed by atoms with Crippen molar-refractivity contribution < 1.29 is 4.79 Å². The van der Waals surface area contributed by atoms with Crippen molar-refractivity contribution in [2.24, 2.45) is 7.05 Å². The zero-order valence-electron chi connectivity index (χ0n) is 9.03. The lowest BCUT2D eigenvalue weighted by Gasteiger charge is -1.97. The monoisotopic (exact) mass is 254 g/mol. The number of thiophene rings is 1. The van der Waals surface area contributed by atoms with Gasteiger partial charge in [-0.15, -0.1) is 11.3 Å². The zero-order chi connectivity index (χ0) is 11.7. The third-order valence-electron chi connectivity index (χ3n) is 2.31. The van der Waals surface area contributed by atoms with Crippen LogP contribution in [0.5, 0.6) is 0 Å². The molecule has 0 aromatic carbocycles. The Hall–Kier alpha value is -1.13. The lowest BCUT2D eigenvalue weighted by molar-refractivity contribution is 0.104. The molecule has 0 saturated heterocycles. The molecule has 0 aliphatic rings. The molecule has 5 heteroatoms. The second-order valence-corrected chi connectivity index (χ2v) is 4.77. The van der Waals surface area contributed by atoms with Gasteiger partial charge in [-0.3, -0.25) is 9.48 Å². The summed E-state index contributed by atoms with van der Waals surface area (Å²) in [5, 5.41) is 6.58. The standard InChI is InChI=1S/C11H11ClN2OS/c1-3-9-7(6-14(2)13-9)10(15)11-8(12)4-5-16-11/h4-6H,3H2,1-2H3. The number of nitrogens with zero attached hydrogens (tertiary/aromatic N) is 2. The molecule has 0 aliphatic carbocycles. The van der Waals surface area contributed by atoms with Crippen LogP contribution in [0.4, 0.5) is 0 Å². The largest absolute Gasteiger partial charge is 0.288 e. The quantitative estimate of drug-likeness (QED) is 0.790. The number of aromatic nitrogens is 2. The molecule has 0 N–H and O–H groups in total. The summed E-state index contributed by atoms with van der Waals surface area (Å²) in [5.41, 5.74) is 1.46. The Morgan fingerprint density at radius 2 is 2.38 bits per heavy atom. The predicted molar refractivity (Wildman–Crippen MR) is 65.3 cm³/mol. The second-order valence-electron chi connectivity index (χ2n) is 3.44. The van der Waals surface area contributed by atoms with E-state index in [-0.39, 0.29) is 5.78 Å². The first-order chi connectivity index (χ1) is 7.63. The summed E-state index contributed by atoms with van der Waals surface area (Å²) in [6.45, 7) is 1.98. The van der Waals surface area contributed by atoms with E-state index in [4.69, 9.17) is 11.6 Å². The number of carbonyl (C=O) groups excluding carboxylic acids is 1. The maximum Gasteiger partial charge on any atom is 0.207 e. The number of hydrogen-bond acceptors (Lipinski definition) is 3. The summed E-state index contributed by atoms with van der Waals surface area (Å²) in [6.07, 6.45) is 2.49. The van der Waals surface area contributed by atoms with Crippen LogP contribution in [0, 0.1) is 0 Å². The van der Waals surface area contributed by atoms with E-state index in [1.54, 1.807) is 16.9 Å². The summed E-state index contributed by atoms with van der Waals surface area (Å²) < 4.78 is 1.66. The number of aryl methyl sites for hydroxylation is 2. The topological polar surface area (TPSA) is 34.9 Å². The highest BCUT2D eigenvalue weighted by Gasteiger charge is 2.19. The molecule has 0 unspecified atom stereocenters. The molecule has 0 spiro atoms. The third kappa shape index (κ3) is 1.90. The molecule has 2 rings (SSSR count). The molecule has 0 fully saturated rings. The lowest BCUT2D eigenvalue weighted by Crippen LogP contribution is -2.01. The SMILES string of the molecule is CCc1nn(C)cc1C(=O)c1sccc1Cl. The first kappa shape index (κ1) is 11.4. The van der Waals surface area contributed by atoms with Crippen LogP contribution in [-0.4, -0.2) is 15.6 Å². The Morgan fingerprint density at radius 3 is 2.94 bits per heavy atom. The van der Waals surface area contributed by atoms with Crippen LogP contribution in [0.15, 0.2) is 17.6 Å². The number of hydrogen-bond donors (Lipinski definition) is 0. The summed E-state index contributed by atoms with van der Waals surface area (Å²) in [6, 6.07) is 1.74. The van der Waals surface area contributed by atoms with Crippen LogP contribution in [-0.2, 0) is 13.5 Å². The van der Waals surface area contributed by atoms with Crippen LogP contribution in [0.2, 0.25) is 5.02 Å². The van der Waals surface area contributed by atoms with Crippen molar-refractivity contribution in [1.82, 2.24) is 9.78 Å². The van der Waals surface area contributed by atoms with E-state index in [1.165, 1.54) is 11.3 Å². The third-order valence-corrected chi connectivity index (χ3v) is 3.65. The zero-order valence-corrected chi connectivity index (χ0v) is 10.6. The van der Waals surface area contributed by atoms with Gasteiger partial charge in [0.25, 0.3) is 0 Å². The molecule has 0 bridgehead atoms. The Kier molecular flexibility index (Phi) is 3.12. The molecular formula is C11H11ClN2OS. The molecule has 0 saturated carbocycles. The van der Waals surface area contributed by atoms with E-state index < -0.39 is 0 Å². The highest BCUT2D eigenvalue weighted by Crippen LogP contribution is 2.26. The van der Waals surface area contributed by atoms with E-state index in [2.05, 4.69) is 5.10 Å². The number of ketones is 1.